The summed E-state index contributed by atoms with van der Waals surface area (Å²) in [6.45, 7) is 10.6. The van der Waals surface area contributed by atoms with E-state index in [1.807, 2.05) is 0 Å². The fourth-order valence-corrected chi connectivity index (χ4v) is 3.79. The van der Waals surface area contributed by atoms with Gasteiger partial charge in [-0.05, 0) is 37.8 Å². The lowest BCUT2D eigenvalue weighted by Gasteiger charge is -2.25. The van der Waals surface area contributed by atoms with Crippen LogP contribution in [-0.2, 0) is 0 Å². The topological polar surface area (TPSA) is 26.7 Å². The Kier molecular flexibility index (Phi) is 5.46. The van der Waals surface area contributed by atoms with Gasteiger partial charge in [-0.25, -0.2) is 0 Å². The van der Waals surface area contributed by atoms with Crippen LogP contribution in [0.3, 0.4) is 0 Å². The lowest BCUT2D eigenvalue weighted by molar-refractivity contribution is 0.0833. The molecule has 0 bridgehead atoms. The van der Waals surface area contributed by atoms with Crippen LogP contribution in [0.1, 0.15) is 39.5 Å². The van der Waals surface area contributed by atoms with Gasteiger partial charge in [-0.2, -0.15) is 0 Å². The summed E-state index contributed by atoms with van der Waals surface area (Å²) >= 11 is 0. The number of fused-ring (bicyclic) bond motifs is 1. The summed E-state index contributed by atoms with van der Waals surface area (Å²) in [7, 11) is 0. The number of likely N-dealkylation sites (tertiary alicyclic amines) is 1. The van der Waals surface area contributed by atoms with Crippen molar-refractivity contribution in [3.05, 3.63) is 0 Å². The molecule has 0 aromatic carbocycles. The van der Waals surface area contributed by atoms with Gasteiger partial charge in [0.1, 0.15) is 0 Å². The van der Waals surface area contributed by atoms with E-state index in [0.717, 1.165) is 38.0 Å². The number of nitrogens with zero attached hydrogens (tertiary/aromatic N) is 2. The second-order valence-electron chi connectivity index (χ2n) is 6.16. The van der Waals surface area contributed by atoms with E-state index in [-0.39, 0.29) is 6.10 Å². The average molecular weight is 254 g/mol. The lowest BCUT2D eigenvalue weighted by atomic mass is 9.82. The zero-order valence-electron chi connectivity index (χ0n) is 12.1. The van der Waals surface area contributed by atoms with Crippen molar-refractivity contribution in [1.29, 1.82) is 0 Å². The fraction of sp³-hybridized carbons (Fsp3) is 1.00. The van der Waals surface area contributed by atoms with E-state index in [1.165, 1.54) is 38.8 Å². The van der Waals surface area contributed by atoms with Crippen molar-refractivity contribution in [3.8, 4) is 0 Å². The first-order chi connectivity index (χ1) is 8.72. The molecule has 0 amide bonds. The molecule has 1 aliphatic carbocycles. The van der Waals surface area contributed by atoms with E-state index >= 15 is 0 Å². The van der Waals surface area contributed by atoms with Crippen molar-refractivity contribution in [2.75, 3.05) is 39.3 Å². The van der Waals surface area contributed by atoms with Crippen molar-refractivity contribution in [2.24, 2.45) is 11.8 Å². The van der Waals surface area contributed by atoms with Crippen LogP contribution in [0.2, 0.25) is 0 Å². The number of β-amino-alcohol motifs (C(OH)–C–C–N with tert-alkyl or cyclic N) is 1. The van der Waals surface area contributed by atoms with Crippen molar-refractivity contribution in [1.82, 2.24) is 9.80 Å². The predicted molar refractivity (Wildman–Crippen MR) is 75.7 cm³/mol. The Morgan fingerprint density at radius 1 is 1.11 bits per heavy atom. The molecule has 1 heterocycles. The molecule has 0 radical (unpaired) electrons. The van der Waals surface area contributed by atoms with Crippen LogP contribution in [0, 0.1) is 11.8 Å². The molecule has 1 saturated heterocycles. The number of aliphatic hydroxyl groups is 1. The zero-order chi connectivity index (χ0) is 13.0. The molecule has 0 aromatic rings. The van der Waals surface area contributed by atoms with Gasteiger partial charge in [-0.1, -0.05) is 26.7 Å². The summed E-state index contributed by atoms with van der Waals surface area (Å²) in [5, 5.41) is 10.2. The second kappa shape index (κ2) is 6.88. The molecule has 2 fully saturated rings. The SMILES string of the molecule is CCN(CC)C[C@@H](O)CN1C[C@H]2CCCC[C@H]2C1. The molecular weight excluding hydrogens is 224 g/mol. The summed E-state index contributed by atoms with van der Waals surface area (Å²) in [6.07, 6.45) is 5.53. The Bertz CT molecular complexity index is 229. The molecule has 18 heavy (non-hydrogen) atoms. The van der Waals surface area contributed by atoms with E-state index in [9.17, 15) is 5.11 Å². The van der Waals surface area contributed by atoms with Gasteiger partial charge in [-0.15, -0.1) is 0 Å². The van der Waals surface area contributed by atoms with Crippen LogP contribution in [0.25, 0.3) is 0 Å². The van der Waals surface area contributed by atoms with Crippen LogP contribution in [0.15, 0.2) is 0 Å². The monoisotopic (exact) mass is 254 g/mol. The number of hydrogen-bond acceptors (Lipinski definition) is 3. The predicted octanol–water partition coefficient (Wildman–Crippen LogP) is 1.81. The first-order valence-corrected chi connectivity index (χ1v) is 7.85. The highest BCUT2D eigenvalue weighted by Gasteiger charge is 2.34. The molecular formula is C15H30N2O. The van der Waals surface area contributed by atoms with E-state index in [2.05, 4.69) is 23.6 Å². The summed E-state index contributed by atoms with van der Waals surface area (Å²) in [5.41, 5.74) is 0. The number of aliphatic hydroxyl groups excluding tert-OH is 1. The van der Waals surface area contributed by atoms with Crippen LogP contribution in [0.4, 0.5) is 0 Å². The third kappa shape index (κ3) is 3.69. The van der Waals surface area contributed by atoms with Gasteiger partial charge in [0.2, 0.25) is 0 Å². The van der Waals surface area contributed by atoms with Gasteiger partial charge >= 0.3 is 0 Å². The van der Waals surface area contributed by atoms with Crippen molar-refractivity contribution >= 4 is 0 Å². The maximum Gasteiger partial charge on any atom is 0.0793 e. The summed E-state index contributed by atoms with van der Waals surface area (Å²) in [6, 6.07) is 0. The highest BCUT2D eigenvalue weighted by atomic mass is 16.3. The van der Waals surface area contributed by atoms with E-state index in [1.54, 1.807) is 0 Å². The molecule has 1 saturated carbocycles. The van der Waals surface area contributed by atoms with E-state index in [4.69, 9.17) is 0 Å². The first-order valence-electron chi connectivity index (χ1n) is 7.85. The number of rotatable bonds is 6. The number of hydrogen-bond donors (Lipinski definition) is 1. The Balaban J connectivity index is 1.73. The van der Waals surface area contributed by atoms with E-state index < -0.39 is 0 Å². The molecule has 0 unspecified atom stereocenters. The van der Waals surface area contributed by atoms with Gasteiger partial charge in [-0.3, -0.25) is 0 Å². The minimum absolute atomic E-state index is 0.176. The molecule has 0 spiro atoms. The van der Waals surface area contributed by atoms with Crippen LogP contribution in [0.5, 0.6) is 0 Å². The Morgan fingerprint density at radius 3 is 2.17 bits per heavy atom. The average Bonchev–Trinajstić information content (AvgIpc) is 2.77. The fourth-order valence-electron chi connectivity index (χ4n) is 3.79. The quantitative estimate of drug-likeness (QED) is 0.783. The van der Waals surface area contributed by atoms with Gasteiger partial charge in [0.25, 0.3) is 0 Å². The molecule has 2 aliphatic rings. The Morgan fingerprint density at radius 2 is 1.67 bits per heavy atom. The summed E-state index contributed by atoms with van der Waals surface area (Å²) in [4.78, 5) is 4.82. The second-order valence-corrected chi connectivity index (χ2v) is 6.16. The summed E-state index contributed by atoms with van der Waals surface area (Å²) in [5.74, 6) is 1.86. The standard InChI is InChI=1S/C15H30N2O/c1-3-16(4-2)11-15(18)12-17-9-13-7-5-6-8-14(13)10-17/h13-15,18H,3-12H2,1-2H3/t13-,14+,15-/m1/s1. The minimum atomic E-state index is -0.176. The largest absolute Gasteiger partial charge is 0.390 e. The maximum absolute atomic E-state index is 10.2. The van der Waals surface area contributed by atoms with Crippen LogP contribution < -0.4 is 0 Å². The minimum Gasteiger partial charge on any atom is -0.390 e. The Hall–Kier alpha value is -0.120. The maximum atomic E-state index is 10.2. The van der Waals surface area contributed by atoms with Crippen molar-refractivity contribution in [3.63, 3.8) is 0 Å². The smallest absolute Gasteiger partial charge is 0.0793 e. The van der Waals surface area contributed by atoms with Gasteiger partial charge < -0.3 is 14.9 Å². The lowest BCUT2D eigenvalue weighted by Crippen LogP contribution is -2.39. The molecule has 3 heteroatoms. The molecule has 106 valence electrons. The zero-order valence-corrected chi connectivity index (χ0v) is 12.1. The molecule has 2 rings (SSSR count). The van der Waals surface area contributed by atoms with Crippen molar-refractivity contribution in [2.45, 2.75) is 45.6 Å². The van der Waals surface area contributed by atoms with Gasteiger partial charge in [0.15, 0.2) is 0 Å². The summed E-state index contributed by atoms with van der Waals surface area (Å²) < 4.78 is 0. The molecule has 1 aliphatic heterocycles. The molecule has 3 nitrogen and oxygen atoms in total. The Labute approximate surface area is 112 Å². The van der Waals surface area contributed by atoms with Gasteiger partial charge in [0, 0.05) is 26.2 Å². The van der Waals surface area contributed by atoms with E-state index in [0.29, 0.717) is 0 Å². The van der Waals surface area contributed by atoms with Crippen LogP contribution in [-0.4, -0.2) is 60.3 Å². The highest BCUT2D eigenvalue weighted by molar-refractivity contribution is 4.87. The molecule has 3 atom stereocenters. The third-order valence-corrected chi connectivity index (χ3v) is 4.88. The number of likely N-dealkylation sites (N-methyl/N-ethyl adjacent to an activating group) is 1. The highest BCUT2D eigenvalue weighted by Crippen LogP contribution is 2.35. The normalized spacial score (nSPS) is 30.7. The third-order valence-electron chi connectivity index (χ3n) is 4.88. The van der Waals surface area contributed by atoms with Crippen molar-refractivity contribution < 1.29 is 5.11 Å². The first kappa shape index (κ1) is 14.3. The van der Waals surface area contributed by atoms with Crippen LogP contribution >= 0.6 is 0 Å². The molecule has 0 aromatic heterocycles. The molecule has 1 N–H and O–H groups in total. The van der Waals surface area contributed by atoms with Gasteiger partial charge in [0.05, 0.1) is 6.10 Å².